The Morgan fingerprint density at radius 1 is 1.08 bits per heavy atom. The number of rotatable bonds is 6. The van der Waals surface area contributed by atoms with Crippen LogP contribution in [0.2, 0.25) is 5.02 Å². The molecule has 0 aliphatic carbocycles. The lowest BCUT2D eigenvalue weighted by molar-refractivity contribution is -0.158. The molecular formula is C18H17ClN2O5. The third kappa shape index (κ3) is 5.78. The zero-order valence-electron chi connectivity index (χ0n) is 13.9. The van der Waals surface area contributed by atoms with Gasteiger partial charge in [-0.15, -0.1) is 0 Å². The van der Waals surface area contributed by atoms with E-state index in [1.54, 1.807) is 54.6 Å². The third-order valence-corrected chi connectivity index (χ3v) is 3.44. The molecule has 0 unspecified atom stereocenters. The number of carbonyl (C=O) groups excluding carboxylic acids is 3. The lowest BCUT2D eigenvalue weighted by Gasteiger charge is -2.17. The first-order valence-electron chi connectivity index (χ1n) is 7.65. The fourth-order valence-corrected chi connectivity index (χ4v) is 2.19. The minimum absolute atomic E-state index is 0.389. The summed E-state index contributed by atoms with van der Waals surface area (Å²) in [6.07, 6.45) is -1.29. The summed E-state index contributed by atoms with van der Waals surface area (Å²) >= 11 is 5.84. The molecule has 0 bridgehead atoms. The fourth-order valence-electron chi connectivity index (χ4n) is 2.01. The molecule has 0 aromatic heterocycles. The molecule has 2 aromatic carbocycles. The molecule has 26 heavy (non-hydrogen) atoms. The van der Waals surface area contributed by atoms with Crippen molar-refractivity contribution < 1.29 is 23.9 Å². The van der Waals surface area contributed by atoms with Crippen molar-refractivity contribution >= 4 is 29.5 Å². The third-order valence-electron chi connectivity index (χ3n) is 3.21. The normalized spacial score (nSPS) is 11.2. The van der Waals surface area contributed by atoms with Gasteiger partial charge in [-0.2, -0.15) is 0 Å². The van der Waals surface area contributed by atoms with E-state index in [2.05, 4.69) is 10.6 Å². The monoisotopic (exact) mass is 376 g/mol. The molecule has 2 aromatic rings. The standard InChI is InChI=1S/C18H17ClN2O5/c1-20-18(24)21-17(23)16(12-6-3-2-4-7-12)26-15(22)11-25-14-9-5-8-13(19)10-14/h2-10,16H,11H2,1H3,(H2,20,21,23,24)/t16-/m0/s1. The van der Waals surface area contributed by atoms with Gasteiger partial charge in [-0.25, -0.2) is 9.59 Å². The number of nitrogens with one attached hydrogen (secondary N) is 2. The van der Waals surface area contributed by atoms with Crippen molar-refractivity contribution in [3.8, 4) is 5.75 Å². The number of benzene rings is 2. The quantitative estimate of drug-likeness (QED) is 0.755. The number of urea groups is 1. The van der Waals surface area contributed by atoms with Gasteiger partial charge in [0, 0.05) is 17.6 Å². The van der Waals surface area contributed by atoms with Crippen LogP contribution >= 0.6 is 11.6 Å². The molecule has 0 saturated heterocycles. The van der Waals surface area contributed by atoms with E-state index >= 15 is 0 Å². The smallest absolute Gasteiger partial charge is 0.345 e. The first-order chi connectivity index (χ1) is 12.5. The molecule has 136 valence electrons. The van der Waals surface area contributed by atoms with E-state index in [4.69, 9.17) is 21.1 Å². The summed E-state index contributed by atoms with van der Waals surface area (Å²) in [5, 5.41) is 4.81. The maximum Gasteiger partial charge on any atom is 0.345 e. The number of hydrogen-bond acceptors (Lipinski definition) is 5. The molecule has 0 heterocycles. The molecule has 8 heteroatoms. The van der Waals surface area contributed by atoms with Crippen molar-refractivity contribution in [2.24, 2.45) is 0 Å². The van der Waals surface area contributed by atoms with Crippen LogP contribution in [0.15, 0.2) is 54.6 Å². The van der Waals surface area contributed by atoms with Gasteiger partial charge in [-0.3, -0.25) is 10.1 Å². The van der Waals surface area contributed by atoms with E-state index in [-0.39, 0.29) is 0 Å². The van der Waals surface area contributed by atoms with Gasteiger partial charge in [0.05, 0.1) is 0 Å². The average Bonchev–Trinajstić information content (AvgIpc) is 2.65. The molecule has 0 aliphatic rings. The predicted octanol–water partition coefficient (Wildman–Crippen LogP) is 2.46. The summed E-state index contributed by atoms with van der Waals surface area (Å²) in [7, 11) is 1.37. The molecule has 7 nitrogen and oxygen atoms in total. The number of amides is 3. The lowest BCUT2D eigenvalue weighted by Crippen LogP contribution is -2.41. The van der Waals surface area contributed by atoms with Gasteiger partial charge in [0.15, 0.2) is 6.61 Å². The summed E-state index contributed by atoms with van der Waals surface area (Å²) in [6, 6.07) is 14.2. The second kappa shape index (κ2) is 9.43. The maximum atomic E-state index is 12.3. The van der Waals surface area contributed by atoms with Crippen molar-refractivity contribution in [2.75, 3.05) is 13.7 Å². The van der Waals surface area contributed by atoms with E-state index in [1.807, 2.05) is 0 Å². The molecular weight excluding hydrogens is 360 g/mol. The molecule has 2 rings (SSSR count). The van der Waals surface area contributed by atoms with Crippen molar-refractivity contribution in [1.82, 2.24) is 10.6 Å². The van der Waals surface area contributed by atoms with Gasteiger partial charge in [0.1, 0.15) is 5.75 Å². The molecule has 1 atom stereocenters. The molecule has 0 radical (unpaired) electrons. The summed E-state index contributed by atoms with van der Waals surface area (Å²) in [6.45, 7) is -0.420. The number of carbonyl (C=O) groups is 3. The molecule has 0 aliphatic heterocycles. The van der Waals surface area contributed by atoms with Crippen LogP contribution in [0.25, 0.3) is 0 Å². The molecule has 2 N–H and O–H groups in total. The van der Waals surface area contributed by atoms with Gasteiger partial charge in [-0.05, 0) is 18.2 Å². The SMILES string of the molecule is CNC(=O)NC(=O)[C@@H](OC(=O)COc1cccc(Cl)c1)c1ccccc1. The van der Waals surface area contributed by atoms with E-state index in [1.165, 1.54) is 7.05 Å². The summed E-state index contributed by atoms with van der Waals surface area (Å²) < 4.78 is 10.5. The highest BCUT2D eigenvalue weighted by molar-refractivity contribution is 6.30. The lowest BCUT2D eigenvalue weighted by atomic mass is 10.1. The zero-order chi connectivity index (χ0) is 18.9. The molecule has 0 spiro atoms. The van der Waals surface area contributed by atoms with Gasteiger partial charge in [0.2, 0.25) is 6.10 Å². The highest BCUT2D eigenvalue weighted by Gasteiger charge is 2.26. The van der Waals surface area contributed by atoms with E-state index in [0.717, 1.165) is 0 Å². The van der Waals surface area contributed by atoms with Gasteiger partial charge >= 0.3 is 12.0 Å². The topological polar surface area (TPSA) is 93.7 Å². The number of halogens is 1. The Morgan fingerprint density at radius 3 is 2.46 bits per heavy atom. The Morgan fingerprint density at radius 2 is 1.81 bits per heavy atom. The minimum Gasteiger partial charge on any atom is -0.482 e. The number of hydrogen-bond donors (Lipinski definition) is 2. The number of imide groups is 1. The maximum absolute atomic E-state index is 12.3. The van der Waals surface area contributed by atoms with Crippen LogP contribution in [-0.2, 0) is 14.3 Å². The summed E-state index contributed by atoms with van der Waals surface area (Å²) in [4.78, 5) is 35.7. The first-order valence-corrected chi connectivity index (χ1v) is 8.02. The van der Waals surface area contributed by atoms with Crippen molar-refractivity contribution in [3.63, 3.8) is 0 Å². The summed E-state index contributed by atoms with van der Waals surface area (Å²) in [5.74, 6) is -1.15. The van der Waals surface area contributed by atoms with Gasteiger partial charge in [0.25, 0.3) is 5.91 Å². The second-order valence-corrected chi connectivity index (χ2v) is 5.53. The number of esters is 1. The highest BCUT2D eigenvalue weighted by Crippen LogP contribution is 2.19. The van der Waals surface area contributed by atoms with Crippen molar-refractivity contribution in [1.29, 1.82) is 0 Å². The Kier molecular flexibility index (Phi) is 6.99. The first kappa shape index (κ1) is 19.3. The number of ether oxygens (including phenoxy) is 2. The highest BCUT2D eigenvalue weighted by atomic mass is 35.5. The molecule has 0 fully saturated rings. The van der Waals surface area contributed by atoms with Crippen LogP contribution in [0, 0.1) is 0 Å². The van der Waals surface area contributed by atoms with Gasteiger partial charge in [-0.1, -0.05) is 48.0 Å². The van der Waals surface area contributed by atoms with Crippen LogP contribution in [0.5, 0.6) is 5.75 Å². The van der Waals surface area contributed by atoms with E-state index in [9.17, 15) is 14.4 Å². The van der Waals surface area contributed by atoms with Crippen molar-refractivity contribution in [2.45, 2.75) is 6.10 Å². The fraction of sp³-hybridized carbons (Fsp3) is 0.167. The predicted molar refractivity (Wildman–Crippen MR) is 94.8 cm³/mol. The Labute approximate surface area is 155 Å². The Balaban J connectivity index is 2.04. The van der Waals surface area contributed by atoms with Crippen LogP contribution in [0.3, 0.4) is 0 Å². The second-order valence-electron chi connectivity index (χ2n) is 5.10. The largest absolute Gasteiger partial charge is 0.482 e. The van der Waals surface area contributed by atoms with Crippen LogP contribution in [0.1, 0.15) is 11.7 Å². The van der Waals surface area contributed by atoms with Crippen molar-refractivity contribution in [3.05, 3.63) is 65.2 Å². The zero-order valence-corrected chi connectivity index (χ0v) is 14.7. The van der Waals surface area contributed by atoms with Crippen LogP contribution in [-0.4, -0.2) is 31.6 Å². The minimum atomic E-state index is -1.29. The summed E-state index contributed by atoms with van der Waals surface area (Å²) in [5.41, 5.74) is 0.421. The molecule has 3 amide bonds. The Hall–Kier alpha value is -3.06. The van der Waals surface area contributed by atoms with E-state index in [0.29, 0.717) is 16.3 Å². The van der Waals surface area contributed by atoms with E-state index < -0.39 is 30.6 Å². The Bertz CT molecular complexity index is 782. The average molecular weight is 377 g/mol. The molecule has 0 saturated carbocycles. The van der Waals surface area contributed by atoms with Crippen LogP contribution < -0.4 is 15.4 Å². The van der Waals surface area contributed by atoms with Crippen LogP contribution in [0.4, 0.5) is 4.79 Å². The van der Waals surface area contributed by atoms with Gasteiger partial charge < -0.3 is 14.8 Å².